The summed E-state index contributed by atoms with van der Waals surface area (Å²) in [7, 11) is 0. The lowest BCUT2D eigenvalue weighted by Crippen LogP contribution is -2.40. The van der Waals surface area contributed by atoms with Gasteiger partial charge in [0, 0.05) is 15.9 Å². The van der Waals surface area contributed by atoms with Crippen molar-refractivity contribution in [2.75, 3.05) is 0 Å². The number of ether oxygens (including phenoxy) is 2. The number of hydrogen-bond donors (Lipinski definition) is 0. The lowest BCUT2D eigenvalue weighted by molar-refractivity contribution is -0.266. The van der Waals surface area contributed by atoms with Crippen LogP contribution in [-0.2, 0) is 6.42 Å². The van der Waals surface area contributed by atoms with E-state index in [1.807, 2.05) is 18.2 Å². The Morgan fingerprint density at radius 2 is 1.34 bits per heavy atom. The van der Waals surface area contributed by atoms with E-state index in [-0.39, 0.29) is 18.4 Å². The maximum atomic E-state index is 13.7. The van der Waals surface area contributed by atoms with Gasteiger partial charge in [0.1, 0.15) is 17.2 Å². The standard InChI is InChI=1S/C25H20BrF7O2/c26-24(30,31)25(32,33)35-20-14-12-18(13-15-20)22(23(27,28)29)11-5-7-17-6-4-10-21(16-17)34-19-8-2-1-3-9-19/h1-4,6,8-10,12-16,22H,5,7,11H2. The molecule has 0 radical (unpaired) electrons. The van der Waals surface area contributed by atoms with Crippen molar-refractivity contribution in [1.29, 1.82) is 0 Å². The summed E-state index contributed by atoms with van der Waals surface area (Å²) in [5.74, 6) is -1.36. The second kappa shape index (κ2) is 10.9. The van der Waals surface area contributed by atoms with Gasteiger partial charge >= 0.3 is 17.1 Å². The molecule has 0 saturated carbocycles. The smallest absolute Gasteiger partial charge is 0.457 e. The van der Waals surface area contributed by atoms with Gasteiger partial charge in [-0.15, -0.1) is 0 Å². The van der Waals surface area contributed by atoms with E-state index in [1.165, 1.54) is 15.9 Å². The Morgan fingerprint density at radius 1 is 0.714 bits per heavy atom. The first kappa shape index (κ1) is 26.8. The van der Waals surface area contributed by atoms with Crippen molar-refractivity contribution in [3.05, 3.63) is 90.0 Å². The van der Waals surface area contributed by atoms with E-state index in [0.717, 1.165) is 29.8 Å². The zero-order chi connectivity index (χ0) is 25.7. The third-order valence-electron chi connectivity index (χ3n) is 5.09. The second-order valence-electron chi connectivity index (χ2n) is 7.73. The average molecular weight is 565 g/mol. The fourth-order valence-corrected chi connectivity index (χ4v) is 3.47. The minimum absolute atomic E-state index is 0.181. The van der Waals surface area contributed by atoms with Crippen molar-refractivity contribution < 1.29 is 40.2 Å². The van der Waals surface area contributed by atoms with Gasteiger partial charge in [0.05, 0.1) is 5.92 Å². The van der Waals surface area contributed by atoms with Crippen LogP contribution in [0.15, 0.2) is 78.9 Å². The molecule has 0 fully saturated rings. The summed E-state index contributed by atoms with van der Waals surface area (Å²) in [6, 6.07) is 19.6. The minimum Gasteiger partial charge on any atom is -0.457 e. The SMILES string of the molecule is FC(F)(F)C(CCCc1cccc(Oc2ccccc2)c1)c1ccc(OC(F)(F)C(F)(F)Br)cc1. The number of alkyl halides is 8. The largest absolute Gasteiger partial charge is 0.475 e. The average Bonchev–Trinajstić information content (AvgIpc) is 2.77. The maximum absolute atomic E-state index is 13.7. The van der Waals surface area contributed by atoms with E-state index < -0.39 is 28.8 Å². The highest BCUT2D eigenvalue weighted by atomic mass is 79.9. The number of benzene rings is 3. The van der Waals surface area contributed by atoms with Crippen LogP contribution in [0, 0.1) is 0 Å². The fourth-order valence-electron chi connectivity index (χ4n) is 3.39. The number of hydrogen-bond acceptors (Lipinski definition) is 2. The highest BCUT2D eigenvalue weighted by molar-refractivity contribution is 9.10. The quantitative estimate of drug-likeness (QED) is 0.180. The molecule has 0 aliphatic rings. The Morgan fingerprint density at radius 3 is 1.94 bits per heavy atom. The van der Waals surface area contributed by atoms with E-state index in [9.17, 15) is 30.7 Å². The van der Waals surface area contributed by atoms with Crippen molar-refractivity contribution in [1.82, 2.24) is 0 Å². The monoisotopic (exact) mass is 564 g/mol. The first-order valence-corrected chi connectivity index (χ1v) is 11.3. The molecule has 10 heteroatoms. The Labute approximate surface area is 205 Å². The normalized spacial score (nSPS) is 13.4. The van der Waals surface area contributed by atoms with Crippen LogP contribution in [0.2, 0.25) is 0 Å². The summed E-state index contributed by atoms with van der Waals surface area (Å²) in [5.41, 5.74) is 0.612. The van der Waals surface area contributed by atoms with E-state index in [4.69, 9.17) is 4.74 Å². The third kappa shape index (κ3) is 7.62. The molecule has 0 spiro atoms. The van der Waals surface area contributed by atoms with Gasteiger partial charge in [-0.25, -0.2) is 0 Å². The van der Waals surface area contributed by atoms with Gasteiger partial charge in [-0.1, -0.05) is 42.5 Å². The van der Waals surface area contributed by atoms with Gasteiger partial charge < -0.3 is 9.47 Å². The molecule has 0 aromatic heterocycles. The Balaban J connectivity index is 1.64. The second-order valence-corrected chi connectivity index (χ2v) is 8.73. The molecular formula is C25H20BrF7O2. The minimum atomic E-state index is -4.88. The van der Waals surface area contributed by atoms with E-state index in [1.54, 1.807) is 36.4 Å². The molecule has 0 amide bonds. The lowest BCUT2D eigenvalue weighted by atomic mass is 9.92. The van der Waals surface area contributed by atoms with Gasteiger partial charge in [0.2, 0.25) is 0 Å². The molecule has 3 aromatic rings. The molecule has 188 valence electrons. The summed E-state index contributed by atoms with van der Waals surface area (Å²) < 4.78 is 103. The van der Waals surface area contributed by atoms with Crippen LogP contribution in [0.25, 0.3) is 0 Å². The van der Waals surface area contributed by atoms with E-state index in [0.29, 0.717) is 17.9 Å². The van der Waals surface area contributed by atoms with Gasteiger partial charge in [-0.3, -0.25) is 0 Å². The summed E-state index contributed by atoms with van der Waals surface area (Å²) >= 11 is 1.52. The van der Waals surface area contributed by atoms with Crippen LogP contribution in [0.1, 0.15) is 29.9 Å². The van der Waals surface area contributed by atoms with Crippen LogP contribution in [0.3, 0.4) is 0 Å². The zero-order valence-electron chi connectivity index (χ0n) is 18.0. The molecular weight excluding hydrogens is 545 g/mol. The summed E-state index contributed by atoms with van der Waals surface area (Å²) in [4.78, 5) is -4.64. The zero-order valence-corrected chi connectivity index (χ0v) is 19.6. The van der Waals surface area contributed by atoms with Gasteiger partial charge in [0.25, 0.3) is 0 Å². The van der Waals surface area contributed by atoms with Crippen LogP contribution in [0.5, 0.6) is 17.2 Å². The molecule has 0 bridgehead atoms. The maximum Gasteiger partial charge on any atom is 0.475 e. The van der Waals surface area contributed by atoms with Crippen molar-refractivity contribution in [3.63, 3.8) is 0 Å². The molecule has 0 saturated heterocycles. The first-order chi connectivity index (χ1) is 16.3. The number of para-hydroxylation sites is 1. The van der Waals surface area contributed by atoms with Crippen molar-refractivity contribution in [2.24, 2.45) is 0 Å². The molecule has 1 atom stereocenters. The van der Waals surface area contributed by atoms with Crippen LogP contribution >= 0.6 is 15.9 Å². The summed E-state index contributed by atoms with van der Waals surface area (Å²) in [6.07, 6.45) is -9.19. The first-order valence-electron chi connectivity index (χ1n) is 10.5. The predicted molar refractivity (Wildman–Crippen MR) is 121 cm³/mol. The molecule has 2 nitrogen and oxygen atoms in total. The third-order valence-corrected chi connectivity index (χ3v) is 5.55. The van der Waals surface area contributed by atoms with Crippen LogP contribution in [0.4, 0.5) is 30.7 Å². The topological polar surface area (TPSA) is 18.5 Å². The Hall–Kier alpha value is -2.75. The fraction of sp³-hybridized carbons (Fsp3) is 0.280. The van der Waals surface area contributed by atoms with Crippen molar-refractivity contribution in [3.8, 4) is 17.2 Å². The van der Waals surface area contributed by atoms with Crippen molar-refractivity contribution in [2.45, 2.75) is 42.3 Å². The number of rotatable bonds is 10. The molecule has 0 aliphatic carbocycles. The Bertz CT molecular complexity index is 1080. The van der Waals surface area contributed by atoms with E-state index >= 15 is 0 Å². The Kier molecular flexibility index (Phi) is 8.35. The van der Waals surface area contributed by atoms with Crippen LogP contribution in [-0.4, -0.2) is 17.1 Å². The summed E-state index contributed by atoms with van der Waals surface area (Å²) in [5, 5.41) is 0. The molecule has 0 heterocycles. The predicted octanol–water partition coefficient (Wildman–Crippen LogP) is 9.11. The van der Waals surface area contributed by atoms with E-state index in [2.05, 4.69) is 4.74 Å². The molecule has 35 heavy (non-hydrogen) atoms. The summed E-state index contributed by atoms with van der Waals surface area (Å²) in [6.45, 7) is 0. The van der Waals surface area contributed by atoms with Crippen molar-refractivity contribution >= 4 is 15.9 Å². The van der Waals surface area contributed by atoms with Gasteiger partial charge in [-0.05, 0) is 66.8 Å². The number of aryl methyl sites for hydroxylation is 1. The highest BCUT2D eigenvalue weighted by Gasteiger charge is 2.57. The molecule has 3 rings (SSSR count). The molecule has 0 N–H and O–H groups in total. The highest BCUT2D eigenvalue weighted by Crippen LogP contribution is 2.42. The lowest BCUT2D eigenvalue weighted by Gasteiger charge is -2.23. The molecule has 1 unspecified atom stereocenters. The molecule has 0 aliphatic heterocycles. The molecule has 3 aromatic carbocycles. The van der Waals surface area contributed by atoms with Gasteiger partial charge in [-0.2, -0.15) is 30.7 Å². The van der Waals surface area contributed by atoms with Gasteiger partial charge in [0.15, 0.2) is 0 Å². The number of halogens is 8. The van der Waals surface area contributed by atoms with Crippen LogP contribution < -0.4 is 9.47 Å².